The minimum absolute atomic E-state index is 0.0124. The van der Waals surface area contributed by atoms with Crippen molar-refractivity contribution in [1.82, 2.24) is 5.32 Å². The SMILES string of the molecule is CCCCc1csc(CCCC)c1/C=C/C(=O)NC(C)(C)C. The van der Waals surface area contributed by atoms with E-state index in [0.29, 0.717) is 0 Å². The normalized spacial score (nSPS) is 12.0. The van der Waals surface area contributed by atoms with Gasteiger partial charge in [-0.3, -0.25) is 4.79 Å². The van der Waals surface area contributed by atoms with Gasteiger partial charge < -0.3 is 5.32 Å². The third kappa shape index (κ3) is 6.78. The summed E-state index contributed by atoms with van der Waals surface area (Å²) in [5.74, 6) is -0.0124. The zero-order valence-electron chi connectivity index (χ0n) is 14.8. The minimum Gasteiger partial charge on any atom is -0.348 e. The van der Waals surface area contributed by atoms with E-state index in [1.165, 1.54) is 41.7 Å². The molecule has 0 aliphatic heterocycles. The summed E-state index contributed by atoms with van der Waals surface area (Å²) in [6.45, 7) is 10.4. The Labute approximate surface area is 140 Å². The summed E-state index contributed by atoms with van der Waals surface area (Å²) < 4.78 is 0. The number of aryl methyl sites for hydroxylation is 2. The molecule has 1 amide bonds. The van der Waals surface area contributed by atoms with Crippen LogP contribution < -0.4 is 5.32 Å². The van der Waals surface area contributed by atoms with Gasteiger partial charge in [-0.05, 0) is 69.0 Å². The van der Waals surface area contributed by atoms with Crippen LogP contribution in [0.4, 0.5) is 0 Å². The van der Waals surface area contributed by atoms with Crippen LogP contribution in [0.1, 0.15) is 76.3 Å². The molecule has 1 N–H and O–H groups in total. The van der Waals surface area contributed by atoms with Crippen molar-refractivity contribution in [2.24, 2.45) is 0 Å². The number of hydrogen-bond donors (Lipinski definition) is 1. The third-order valence-electron chi connectivity index (χ3n) is 3.45. The van der Waals surface area contributed by atoms with E-state index in [4.69, 9.17) is 0 Å². The lowest BCUT2D eigenvalue weighted by atomic mass is 10.0. The van der Waals surface area contributed by atoms with Crippen LogP contribution in [0.15, 0.2) is 11.5 Å². The van der Waals surface area contributed by atoms with E-state index < -0.39 is 0 Å². The Kier molecular flexibility index (Phi) is 7.88. The maximum atomic E-state index is 12.0. The van der Waals surface area contributed by atoms with E-state index in [2.05, 4.69) is 24.5 Å². The van der Waals surface area contributed by atoms with Gasteiger partial charge in [-0.1, -0.05) is 26.7 Å². The van der Waals surface area contributed by atoms with E-state index >= 15 is 0 Å². The Hall–Kier alpha value is -1.09. The summed E-state index contributed by atoms with van der Waals surface area (Å²) in [5, 5.41) is 5.26. The predicted molar refractivity (Wildman–Crippen MR) is 98.5 cm³/mol. The standard InChI is InChI=1S/C19H31NOS/c1-6-8-10-15-14-22-17(11-9-7-2)16(15)12-13-18(21)20-19(3,4)5/h12-14H,6-11H2,1-5H3,(H,20,21)/b13-12+. The van der Waals surface area contributed by atoms with Gasteiger partial charge in [0.15, 0.2) is 0 Å². The van der Waals surface area contributed by atoms with Gasteiger partial charge in [0.1, 0.15) is 0 Å². The van der Waals surface area contributed by atoms with Gasteiger partial charge in [-0.15, -0.1) is 11.3 Å². The first-order valence-electron chi connectivity index (χ1n) is 8.46. The number of rotatable bonds is 8. The van der Waals surface area contributed by atoms with Crippen molar-refractivity contribution in [3.63, 3.8) is 0 Å². The summed E-state index contributed by atoms with van der Waals surface area (Å²) in [7, 11) is 0. The highest BCUT2D eigenvalue weighted by molar-refractivity contribution is 7.10. The molecule has 22 heavy (non-hydrogen) atoms. The smallest absolute Gasteiger partial charge is 0.244 e. The second kappa shape index (κ2) is 9.14. The fraction of sp³-hybridized carbons (Fsp3) is 0.632. The van der Waals surface area contributed by atoms with Gasteiger partial charge in [0.25, 0.3) is 0 Å². The summed E-state index contributed by atoms with van der Waals surface area (Å²) in [6, 6.07) is 0. The summed E-state index contributed by atoms with van der Waals surface area (Å²) in [6.07, 6.45) is 10.8. The fourth-order valence-corrected chi connectivity index (χ4v) is 3.43. The van der Waals surface area contributed by atoms with Crippen molar-refractivity contribution in [2.45, 2.75) is 78.7 Å². The second-order valence-electron chi connectivity index (χ2n) is 6.88. The molecule has 1 heterocycles. The number of nitrogens with one attached hydrogen (secondary N) is 1. The molecule has 0 bridgehead atoms. The number of carbonyl (C=O) groups is 1. The molecular weight excluding hydrogens is 290 g/mol. The Morgan fingerprint density at radius 2 is 1.82 bits per heavy atom. The average molecular weight is 322 g/mol. The average Bonchev–Trinajstić information content (AvgIpc) is 2.80. The Morgan fingerprint density at radius 3 is 2.41 bits per heavy atom. The van der Waals surface area contributed by atoms with Crippen LogP contribution in [0.25, 0.3) is 6.08 Å². The van der Waals surface area contributed by atoms with Gasteiger partial charge in [0, 0.05) is 16.5 Å². The molecule has 0 fully saturated rings. The Morgan fingerprint density at radius 1 is 1.18 bits per heavy atom. The number of thiophene rings is 1. The van der Waals surface area contributed by atoms with E-state index in [1.54, 1.807) is 6.08 Å². The van der Waals surface area contributed by atoms with E-state index in [1.807, 2.05) is 38.2 Å². The van der Waals surface area contributed by atoms with Gasteiger partial charge >= 0.3 is 0 Å². The molecule has 124 valence electrons. The highest BCUT2D eigenvalue weighted by Gasteiger charge is 2.13. The first-order valence-corrected chi connectivity index (χ1v) is 9.34. The zero-order valence-corrected chi connectivity index (χ0v) is 15.6. The van der Waals surface area contributed by atoms with Gasteiger partial charge in [0.2, 0.25) is 5.91 Å². The molecule has 0 unspecified atom stereocenters. The molecule has 0 spiro atoms. The molecule has 1 aromatic rings. The van der Waals surface area contributed by atoms with Crippen molar-refractivity contribution < 1.29 is 4.79 Å². The van der Waals surface area contributed by atoms with Crippen molar-refractivity contribution >= 4 is 23.3 Å². The first kappa shape index (κ1) is 19.0. The molecule has 0 radical (unpaired) electrons. The topological polar surface area (TPSA) is 29.1 Å². The highest BCUT2D eigenvalue weighted by Crippen LogP contribution is 2.27. The molecule has 3 heteroatoms. The van der Waals surface area contributed by atoms with Gasteiger partial charge in [0.05, 0.1) is 0 Å². The fourth-order valence-electron chi connectivity index (χ4n) is 2.31. The summed E-state index contributed by atoms with van der Waals surface area (Å²) >= 11 is 1.85. The molecule has 1 rings (SSSR count). The van der Waals surface area contributed by atoms with Crippen LogP contribution in [0.5, 0.6) is 0 Å². The molecule has 1 aromatic heterocycles. The van der Waals surface area contributed by atoms with E-state index in [0.717, 1.165) is 12.8 Å². The zero-order chi connectivity index (χ0) is 16.6. The lowest BCUT2D eigenvalue weighted by Crippen LogP contribution is -2.39. The summed E-state index contributed by atoms with van der Waals surface area (Å²) in [5.41, 5.74) is 2.50. The van der Waals surface area contributed by atoms with Crippen molar-refractivity contribution in [1.29, 1.82) is 0 Å². The van der Waals surface area contributed by atoms with Crippen LogP contribution in [0.2, 0.25) is 0 Å². The predicted octanol–water partition coefficient (Wildman–Crippen LogP) is 5.36. The number of amides is 1. The lowest BCUT2D eigenvalue weighted by molar-refractivity contribution is -0.117. The van der Waals surface area contributed by atoms with Crippen LogP contribution in [0.3, 0.4) is 0 Å². The van der Waals surface area contributed by atoms with E-state index in [9.17, 15) is 4.79 Å². The van der Waals surface area contributed by atoms with Crippen molar-refractivity contribution in [2.75, 3.05) is 0 Å². The molecule has 0 saturated carbocycles. The molecule has 0 aromatic carbocycles. The molecule has 0 aliphatic carbocycles. The van der Waals surface area contributed by atoms with Crippen molar-refractivity contribution in [3.8, 4) is 0 Å². The van der Waals surface area contributed by atoms with Crippen LogP contribution in [-0.4, -0.2) is 11.4 Å². The Bertz CT molecular complexity index is 469. The van der Waals surface area contributed by atoms with Gasteiger partial charge in [-0.2, -0.15) is 0 Å². The number of unbranched alkanes of at least 4 members (excludes halogenated alkanes) is 2. The van der Waals surface area contributed by atoms with Gasteiger partial charge in [-0.25, -0.2) is 0 Å². The minimum atomic E-state index is -0.188. The van der Waals surface area contributed by atoms with Crippen LogP contribution in [-0.2, 0) is 17.6 Å². The maximum absolute atomic E-state index is 12.0. The maximum Gasteiger partial charge on any atom is 0.244 e. The monoisotopic (exact) mass is 321 g/mol. The number of carbonyl (C=O) groups excluding carboxylic acids is 1. The highest BCUT2D eigenvalue weighted by atomic mass is 32.1. The molecule has 0 atom stereocenters. The lowest BCUT2D eigenvalue weighted by Gasteiger charge is -2.19. The second-order valence-corrected chi connectivity index (χ2v) is 7.84. The third-order valence-corrected chi connectivity index (χ3v) is 4.56. The molecular formula is C19H31NOS. The Balaban J connectivity index is 2.88. The quantitative estimate of drug-likeness (QED) is 0.641. The molecule has 0 saturated heterocycles. The molecule has 0 aliphatic rings. The molecule has 2 nitrogen and oxygen atoms in total. The van der Waals surface area contributed by atoms with E-state index in [-0.39, 0.29) is 11.4 Å². The first-order chi connectivity index (χ1) is 10.4. The summed E-state index contributed by atoms with van der Waals surface area (Å²) in [4.78, 5) is 13.4. The van der Waals surface area contributed by atoms with Crippen LogP contribution in [0, 0.1) is 0 Å². The van der Waals surface area contributed by atoms with Crippen LogP contribution >= 0.6 is 11.3 Å². The van der Waals surface area contributed by atoms with Crippen molar-refractivity contribution in [3.05, 3.63) is 27.5 Å². The largest absolute Gasteiger partial charge is 0.348 e. The number of hydrogen-bond acceptors (Lipinski definition) is 2.